The molecule has 0 bridgehead atoms. The van der Waals surface area contributed by atoms with Gasteiger partial charge < -0.3 is 21.7 Å². The molecule has 2 aromatic carbocycles. The molecule has 1 aliphatic heterocycles. The fourth-order valence-electron chi connectivity index (χ4n) is 3.36. The van der Waals surface area contributed by atoms with E-state index in [1.165, 1.54) is 0 Å². The van der Waals surface area contributed by atoms with Crippen molar-refractivity contribution < 1.29 is 19.2 Å². The molecule has 0 saturated carbocycles. The predicted octanol–water partition coefficient (Wildman–Crippen LogP) is 0.578. The molecule has 0 spiro atoms. The number of nitrogens with two attached hydrogens (primary N) is 1. The Labute approximate surface area is 188 Å². The number of benzene rings is 2. The Morgan fingerprint density at radius 2 is 1.58 bits per heavy atom. The number of hydrogen-bond acceptors (Lipinski definition) is 4. The van der Waals surface area contributed by atoms with Crippen molar-refractivity contribution in [2.24, 2.45) is 5.73 Å². The third-order valence-corrected chi connectivity index (χ3v) is 5.77. The molecule has 5 N–H and O–H groups in total. The third kappa shape index (κ3) is 6.14. The number of primary amides is 1. The molecule has 3 atom stereocenters. The summed E-state index contributed by atoms with van der Waals surface area (Å²) in [6.07, 6.45) is 0.257. The largest absolute Gasteiger partial charge is 0.368 e. The number of rotatable bonds is 8. The van der Waals surface area contributed by atoms with Crippen LogP contribution in [0.15, 0.2) is 59.1 Å². The van der Waals surface area contributed by atoms with Gasteiger partial charge in [-0.2, -0.15) is 0 Å². The summed E-state index contributed by atoms with van der Waals surface area (Å²) in [5.41, 5.74) is 7.16. The molecule has 2 aromatic rings. The molecule has 1 heterocycles. The molecule has 162 valence electrons. The highest BCUT2D eigenvalue weighted by Crippen LogP contribution is 2.17. The van der Waals surface area contributed by atoms with Gasteiger partial charge in [0.2, 0.25) is 23.6 Å². The maximum atomic E-state index is 12.5. The van der Waals surface area contributed by atoms with E-state index in [9.17, 15) is 19.2 Å². The highest BCUT2D eigenvalue weighted by atomic mass is 79.9. The quantitative estimate of drug-likeness (QED) is 0.434. The standard InChI is InChI=1S/C22H23BrN4O4/c23-15-9-5-4-8-14(15)11-16(20(24)29)25-19(28)12-18-22(31)26-17(21(30)27-18)10-13-6-2-1-3-7-13/h1-9,16-18H,10-12H2,(H2,24,29)(H,25,28)(H,26,31)(H,27,30)/t16-,17+,18+/m1/s1. The van der Waals surface area contributed by atoms with Crippen molar-refractivity contribution in [3.05, 3.63) is 70.2 Å². The normalized spacial score (nSPS) is 19.1. The zero-order valence-electron chi connectivity index (χ0n) is 16.6. The minimum atomic E-state index is -1.02. The summed E-state index contributed by atoms with van der Waals surface area (Å²) in [6.45, 7) is 0. The number of nitrogens with one attached hydrogen (secondary N) is 3. The summed E-state index contributed by atoms with van der Waals surface area (Å²) in [4.78, 5) is 49.1. The van der Waals surface area contributed by atoms with E-state index in [4.69, 9.17) is 5.73 Å². The van der Waals surface area contributed by atoms with Gasteiger partial charge in [0, 0.05) is 17.3 Å². The van der Waals surface area contributed by atoms with Gasteiger partial charge in [-0.1, -0.05) is 64.5 Å². The van der Waals surface area contributed by atoms with Crippen molar-refractivity contribution >= 4 is 39.6 Å². The molecule has 0 aromatic heterocycles. The second kappa shape index (κ2) is 10.2. The van der Waals surface area contributed by atoms with Crippen molar-refractivity contribution in [2.75, 3.05) is 0 Å². The van der Waals surface area contributed by atoms with E-state index in [0.717, 1.165) is 15.6 Å². The molecule has 1 saturated heterocycles. The maximum Gasteiger partial charge on any atom is 0.243 e. The van der Waals surface area contributed by atoms with Gasteiger partial charge in [-0.05, 0) is 17.2 Å². The van der Waals surface area contributed by atoms with Crippen LogP contribution < -0.4 is 21.7 Å². The van der Waals surface area contributed by atoms with Crippen LogP contribution in [-0.2, 0) is 32.0 Å². The Balaban J connectivity index is 1.57. The monoisotopic (exact) mass is 486 g/mol. The van der Waals surface area contributed by atoms with Crippen LogP contribution in [0, 0.1) is 0 Å². The third-order valence-electron chi connectivity index (χ3n) is 5.00. The lowest BCUT2D eigenvalue weighted by molar-refractivity contribution is -0.138. The summed E-state index contributed by atoms with van der Waals surface area (Å²) in [5, 5.41) is 7.82. The minimum absolute atomic E-state index is 0.199. The van der Waals surface area contributed by atoms with Gasteiger partial charge in [0.15, 0.2) is 0 Å². The van der Waals surface area contributed by atoms with E-state index in [0.29, 0.717) is 6.42 Å². The Morgan fingerprint density at radius 3 is 2.26 bits per heavy atom. The summed E-state index contributed by atoms with van der Waals surface area (Å²) in [7, 11) is 0. The Morgan fingerprint density at radius 1 is 0.968 bits per heavy atom. The lowest BCUT2D eigenvalue weighted by Gasteiger charge is -2.29. The molecule has 0 unspecified atom stereocenters. The van der Waals surface area contributed by atoms with Crippen LogP contribution in [0.25, 0.3) is 0 Å². The van der Waals surface area contributed by atoms with E-state index in [-0.39, 0.29) is 18.7 Å². The molecule has 1 fully saturated rings. The van der Waals surface area contributed by atoms with E-state index >= 15 is 0 Å². The van der Waals surface area contributed by atoms with Crippen LogP contribution >= 0.6 is 15.9 Å². The van der Waals surface area contributed by atoms with Crippen molar-refractivity contribution in [1.29, 1.82) is 0 Å². The number of piperazine rings is 1. The van der Waals surface area contributed by atoms with Gasteiger partial charge in [-0.3, -0.25) is 19.2 Å². The van der Waals surface area contributed by atoms with Crippen molar-refractivity contribution in [1.82, 2.24) is 16.0 Å². The molecule has 3 rings (SSSR count). The number of carbonyl (C=O) groups is 4. The molecule has 8 nitrogen and oxygen atoms in total. The predicted molar refractivity (Wildman–Crippen MR) is 118 cm³/mol. The smallest absolute Gasteiger partial charge is 0.243 e. The molecule has 4 amide bonds. The van der Waals surface area contributed by atoms with E-state index in [1.54, 1.807) is 0 Å². The summed E-state index contributed by atoms with van der Waals surface area (Å²) < 4.78 is 0.791. The van der Waals surface area contributed by atoms with Gasteiger partial charge >= 0.3 is 0 Å². The van der Waals surface area contributed by atoms with Gasteiger partial charge in [-0.25, -0.2) is 0 Å². The molecule has 0 aliphatic carbocycles. The van der Waals surface area contributed by atoms with Crippen LogP contribution in [0.4, 0.5) is 0 Å². The topological polar surface area (TPSA) is 130 Å². The first-order valence-corrected chi connectivity index (χ1v) is 10.6. The van der Waals surface area contributed by atoms with Crippen LogP contribution in [-0.4, -0.2) is 41.8 Å². The van der Waals surface area contributed by atoms with Gasteiger partial charge in [0.1, 0.15) is 18.1 Å². The Hall–Kier alpha value is -3.20. The highest BCUT2D eigenvalue weighted by Gasteiger charge is 2.35. The van der Waals surface area contributed by atoms with E-state index in [2.05, 4.69) is 31.9 Å². The van der Waals surface area contributed by atoms with Crippen LogP contribution in [0.2, 0.25) is 0 Å². The highest BCUT2D eigenvalue weighted by molar-refractivity contribution is 9.10. The summed E-state index contributed by atoms with van der Waals surface area (Å²) in [5.74, 6) is -2.06. The van der Waals surface area contributed by atoms with Crippen molar-refractivity contribution in [3.63, 3.8) is 0 Å². The Bertz CT molecular complexity index is 982. The fraction of sp³-hybridized carbons (Fsp3) is 0.273. The zero-order chi connectivity index (χ0) is 22.4. The van der Waals surface area contributed by atoms with Crippen LogP contribution in [0.5, 0.6) is 0 Å². The number of amides is 4. The van der Waals surface area contributed by atoms with Crippen LogP contribution in [0.3, 0.4) is 0 Å². The first kappa shape index (κ1) is 22.5. The fourth-order valence-corrected chi connectivity index (χ4v) is 3.80. The van der Waals surface area contributed by atoms with Crippen molar-refractivity contribution in [3.8, 4) is 0 Å². The molecular formula is C22H23BrN4O4. The molecule has 1 aliphatic rings. The zero-order valence-corrected chi connectivity index (χ0v) is 18.2. The number of carbonyl (C=O) groups excluding carboxylic acids is 4. The van der Waals surface area contributed by atoms with Crippen molar-refractivity contribution in [2.45, 2.75) is 37.4 Å². The summed E-state index contributed by atoms with van der Waals surface area (Å²) >= 11 is 3.40. The first-order valence-electron chi connectivity index (χ1n) is 9.80. The average Bonchev–Trinajstić information content (AvgIpc) is 2.73. The second-order valence-electron chi connectivity index (χ2n) is 7.33. The van der Waals surface area contributed by atoms with E-state index in [1.807, 2.05) is 54.6 Å². The summed E-state index contributed by atoms with van der Waals surface area (Å²) in [6, 6.07) is 13.9. The van der Waals surface area contributed by atoms with Gasteiger partial charge in [0.25, 0.3) is 0 Å². The number of hydrogen-bond donors (Lipinski definition) is 4. The average molecular weight is 487 g/mol. The lowest BCUT2D eigenvalue weighted by Crippen LogP contribution is -2.63. The van der Waals surface area contributed by atoms with Crippen LogP contribution in [0.1, 0.15) is 17.5 Å². The van der Waals surface area contributed by atoms with Gasteiger partial charge in [-0.15, -0.1) is 0 Å². The molecule has 9 heteroatoms. The first-order chi connectivity index (χ1) is 14.8. The molecular weight excluding hydrogens is 464 g/mol. The lowest BCUT2D eigenvalue weighted by atomic mass is 10.0. The minimum Gasteiger partial charge on any atom is -0.368 e. The molecule has 0 radical (unpaired) electrons. The second-order valence-corrected chi connectivity index (χ2v) is 8.19. The Kier molecular flexibility index (Phi) is 7.41. The molecule has 31 heavy (non-hydrogen) atoms. The number of halogens is 1. The maximum absolute atomic E-state index is 12.5. The van der Waals surface area contributed by atoms with E-state index < -0.39 is 35.8 Å². The SMILES string of the molecule is NC(=O)[C@@H](Cc1ccccc1Br)NC(=O)C[C@@H]1NC(=O)[C@H](Cc2ccccc2)NC1=O. The van der Waals surface area contributed by atoms with Gasteiger partial charge in [0.05, 0.1) is 6.42 Å².